The molecule has 1 aliphatic heterocycles. The number of pyridine rings is 1. The zero-order chi connectivity index (χ0) is 20.0. The number of hydrogen-bond acceptors (Lipinski definition) is 3. The number of aliphatic imine (C=N–C) groups is 1. The zero-order valence-corrected chi connectivity index (χ0v) is 20.6. The van der Waals surface area contributed by atoms with E-state index >= 15 is 0 Å². The summed E-state index contributed by atoms with van der Waals surface area (Å²) in [5.74, 6) is 0.909. The molecule has 0 radical (unpaired) electrons. The lowest BCUT2D eigenvalue weighted by Gasteiger charge is -2.19. The standard InChI is InChI=1S/C22H39N5O.HI/c1-3-23-22(25-15-11-18-26-16-7-4-5-8-17-26)24-14-6-9-19-27-20(2)12-10-13-21(27)28;/h10,12-13H,3-9,11,14-19H2,1-2H3,(H2,23,24,25);1H. The van der Waals surface area contributed by atoms with Gasteiger partial charge in [0.25, 0.3) is 5.56 Å². The number of nitrogens with zero attached hydrogens (tertiary/aromatic N) is 3. The van der Waals surface area contributed by atoms with Crippen LogP contribution in [-0.2, 0) is 6.54 Å². The minimum Gasteiger partial charge on any atom is -0.357 e. The molecule has 0 bridgehead atoms. The van der Waals surface area contributed by atoms with Crippen molar-refractivity contribution in [3.05, 3.63) is 34.2 Å². The molecule has 2 rings (SSSR count). The van der Waals surface area contributed by atoms with Crippen LogP contribution >= 0.6 is 24.0 Å². The maximum absolute atomic E-state index is 11.9. The van der Waals surface area contributed by atoms with E-state index in [0.717, 1.165) is 63.6 Å². The monoisotopic (exact) mass is 517 g/mol. The molecule has 1 aromatic heterocycles. The average Bonchev–Trinajstić information content (AvgIpc) is 2.95. The van der Waals surface area contributed by atoms with Gasteiger partial charge in [-0.3, -0.25) is 9.79 Å². The SMILES string of the molecule is CCNC(=NCCCN1CCCCCC1)NCCCCn1c(C)cccc1=O.I. The van der Waals surface area contributed by atoms with Gasteiger partial charge >= 0.3 is 0 Å². The summed E-state index contributed by atoms with van der Waals surface area (Å²) < 4.78 is 1.85. The highest BCUT2D eigenvalue weighted by atomic mass is 127. The van der Waals surface area contributed by atoms with Crippen molar-refractivity contribution in [2.24, 2.45) is 4.99 Å². The predicted octanol–water partition coefficient (Wildman–Crippen LogP) is 3.38. The van der Waals surface area contributed by atoms with Crippen molar-refractivity contribution >= 4 is 29.9 Å². The van der Waals surface area contributed by atoms with Gasteiger partial charge in [0.05, 0.1) is 0 Å². The van der Waals surface area contributed by atoms with Crippen molar-refractivity contribution in [2.75, 3.05) is 39.3 Å². The Morgan fingerprint density at radius 2 is 1.79 bits per heavy atom. The number of halogens is 1. The van der Waals surface area contributed by atoms with Gasteiger partial charge < -0.3 is 20.1 Å². The highest BCUT2D eigenvalue weighted by Crippen LogP contribution is 2.09. The molecular weight excluding hydrogens is 477 g/mol. The normalized spacial score (nSPS) is 15.4. The van der Waals surface area contributed by atoms with Gasteiger partial charge in [-0.2, -0.15) is 0 Å². The number of guanidine groups is 1. The lowest BCUT2D eigenvalue weighted by Crippen LogP contribution is -2.38. The molecule has 1 aromatic rings. The van der Waals surface area contributed by atoms with E-state index in [2.05, 4.69) is 22.5 Å². The number of aromatic nitrogens is 1. The molecule has 166 valence electrons. The van der Waals surface area contributed by atoms with Crippen LogP contribution in [0.1, 0.15) is 57.6 Å². The zero-order valence-electron chi connectivity index (χ0n) is 18.3. The molecule has 1 aliphatic rings. The van der Waals surface area contributed by atoms with Gasteiger partial charge in [-0.25, -0.2) is 0 Å². The Labute approximate surface area is 193 Å². The van der Waals surface area contributed by atoms with Crippen molar-refractivity contribution in [1.82, 2.24) is 20.1 Å². The van der Waals surface area contributed by atoms with E-state index in [1.54, 1.807) is 6.07 Å². The molecule has 2 heterocycles. The Bertz CT molecular complexity index is 638. The average molecular weight is 518 g/mol. The van der Waals surface area contributed by atoms with Crippen LogP contribution in [-0.4, -0.2) is 54.7 Å². The molecule has 0 spiro atoms. The molecule has 0 aliphatic carbocycles. The van der Waals surface area contributed by atoms with E-state index in [1.165, 1.54) is 38.8 Å². The number of aryl methyl sites for hydroxylation is 1. The van der Waals surface area contributed by atoms with Gasteiger partial charge in [0.1, 0.15) is 0 Å². The fourth-order valence-electron chi connectivity index (χ4n) is 3.70. The van der Waals surface area contributed by atoms with E-state index < -0.39 is 0 Å². The van der Waals surface area contributed by atoms with E-state index in [4.69, 9.17) is 4.99 Å². The van der Waals surface area contributed by atoms with Gasteiger partial charge in [-0.05, 0) is 71.7 Å². The molecule has 1 saturated heterocycles. The Kier molecular flexibility index (Phi) is 14.1. The number of likely N-dealkylation sites (tertiary alicyclic amines) is 1. The van der Waals surface area contributed by atoms with Gasteiger partial charge in [-0.15, -0.1) is 24.0 Å². The smallest absolute Gasteiger partial charge is 0.250 e. The van der Waals surface area contributed by atoms with Crippen LogP contribution in [0.25, 0.3) is 0 Å². The van der Waals surface area contributed by atoms with Crippen LogP contribution in [0.15, 0.2) is 28.0 Å². The fraction of sp³-hybridized carbons (Fsp3) is 0.727. The Morgan fingerprint density at radius 3 is 2.48 bits per heavy atom. The summed E-state index contributed by atoms with van der Waals surface area (Å²) in [7, 11) is 0. The Balaban J connectivity index is 0.00000420. The fourth-order valence-corrected chi connectivity index (χ4v) is 3.70. The number of hydrogen-bond donors (Lipinski definition) is 2. The molecule has 2 N–H and O–H groups in total. The molecule has 0 saturated carbocycles. The lowest BCUT2D eigenvalue weighted by molar-refractivity contribution is 0.283. The number of unbranched alkanes of at least 4 members (excludes halogenated alkanes) is 1. The summed E-state index contributed by atoms with van der Waals surface area (Å²) >= 11 is 0. The maximum Gasteiger partial charge on any atom is 0.250 e. The van der Waals surface area contributed by atoms with Crippen LogP contribution < -0.4 is 16.2 Å². The molecule has 0 aromatic carbocycles. The second kappa shape index (κ2) is 15.7. The molecule has 29 heavy (non-hydrogen) atoms. The topological polar surface area (TPSA) is 61.7 Å². The van der Waals surface area contributed by atoms with Gasteiger partial charge in [0.2, 0.25) is 0 Å². The third-order valence-electron chi connectivity index (χ3n) is 5.31. The summed E-state index contributed by atoms with van der Waals surface area (Å²) in [5.41, 5.74) is 1.12. The highest BCUT2D eigenvalue weighted by molar-refractivity contribution is 14.0. The van der Waals surface area contributed by atoms with Crippen LogP contribution in [0.3, 0.4) is 0 Å². The molecule has 0 atom stereocenters. The minimum atomic E-state index is 0. The molecule has 6 nitrogen and oxygen atoms in total. The minimum absolute atomic E-state index is 0. The third-order valence-corrected chi connectivity index (χ3v) is 5.31. The van der Waals surface area contributed by atoms with Gasteiger partial charge in [0.15, 0.2) is 5.96 Å². The first-order chi connectivity index (χ1) is 13.7. The highest BCUT2D eigenvalue weighted by Gasteiger charge is 2.08. The van der Waals surface area contributed by atoms with Crippen molar-refractivity contribution < 1.29 is 0 Å². The van der Waals surface area contributed by atoms with E-state index in [0.29, 0.717) is 0 Å². The summed E-state index contributed by atoms with van der Waals surface area (Å²) in [6.07, 6.45) is 8.59. The first-order valence-electron chi connectivity index (χ1n) is 11.1. The van der Waals surface area contributed by atoms with Crippen molar-refractivity contribution in [2.45, 2.75) is 65.3 Å². The second-order valence-electron chi connectivity index (χ2n) is 7.66. The van der Waals surface area contributed by atoms with Crippen LogP contribution in [0.4, 0.5) is 0 Å². The Morgan fingerprint density at radius 1 is 1.03 bits per heavy atom. The maximum atomic E-state index is 11.9. The number of rotatable bonds is 10. The predicted molar refractivity (Wildman–Crippen MR) is 134 cm³/mol. The molecular formula is C22H40IN5O. The Hall–Kier alpha value is -1.09. The molecule has 7 heteroatoms. The first kappa shape index (κ1) is 25.9. The van der Waals surface area contributed by atoms with Crippen molar-refractivity contribution in [3.8, 4) is 0 Å². The van der Waals surface area contributed by atoms with Crippen LogP contribution in [0.5, 0.6) is 0 Å². The summed E-state index contributed by atoms with van der Waals surface area (Å²) in [4.78, 5) is 19.2. The second-order valence-corrected chi connectivity index (χ2v) is 7.66. The van der Waals surface area contributed by atoms with E-state index in [1.807, 2.05) is 23.6 Å². The molecule has 1 fully saturated rings. The summed E-state index contributed by atoms with van der Waals surface area (Å²) in [6.45, 7) is 11.1. The quantitative estimate of drug-likeness (QED) is 0.216. The van der Waals surface area contributed by atoms with Gasteiger partial charge in [-0.1, -0.05) is 18.9 Å². The first-order valence-corrected chi connectivity index (χ1v) is 11.1. The van der Waals surface area contributed by atoms with E-state index in [9.17, 15) is 4.79 Å². The largest absolute Gasteiger partial charge is 0.357 e. The van der Waals surface area contributed by atoms with Crippen LogP contribution in [0.2, 0.25) is 0 Å². The van der Waals surface area contributed by atoms with Crippen molar-refractivity contribution in [1.29, 1.82) is 0 Å². The summed E-state index contributed by atoms with van der Waals surface area (Å²) in [6, 6.07) is 5.44. The third kappa shape index (κ3) is 10.5. The van der Waals surface area contributed by atoms with Gasteiger partial charge in [0, 0.05) is 37.9 Å². The summed E-state index contributed by atoms with van der Waals surface area (Å²) in [5, 5.41) is 6.75. The lowest BCUT2D eigenvalue weighted by atomic mass is 10.2. The van der Waals surface area contributed by atoms with E-state index in [-0.39, 0.29) is 29.5 Å². The molecule has 0 amide bonds. The van der Waals surface area contributed by atoms with Crippen molar-refractivity contribution in [3.63, 3.8) is 0 Å². The molecule has 0 unspecified atom stereocenters. The van der Waals surface area contributed by atoms with Crippen LogP contribution in [0, 0.1) is 6.92 Å². The number of nitrogens with one attached hydrogen (secondary N) is 2.